The highest BCUT2D eigenvalue weighted by atomic mass is 16.5. The van der Waals surface area contributed by atoms with Crippen molar-refractivity contribution < 1.29 is 4.74 Å². The molecule has 1 saturated heterocycles. The molecule has 1 aliphatic rings. The standard InChI is InChI=1S/C15H24N2O/c1-3-14-4-5-15(12-13(14)2)16-6-7-17-8-10-18-11-9-17/h4-5,12,16H,3,6-11H2,1-2H3. The molecule has 100 valence electrons. The lowest BCUT2D eigenvalue weighted by atomic mass is 10.1. The van der Waals surface area contributed by atoms with Crippen molar-refractivity contribution in [2.75, 3.05) is 44.7 Å². The van der Waals surface area contributed by atoms with Crippen molar-refractivity contribution in [3.8, 4) is 0 Å². The average Bonchev–Trinajstić information content (AvgIpc) is 2.40. The zero-order chi connectivity index (χ0) is 12.8. The minimum absolute atomic E-state index is 0.879. The first-order chi connectivity index (χ1) is 8.79. The van der Waals surface area contributed by atoms with Crippen molar-refractivity contribution in [1.29, 1.82) is 0 Å². The van der Waals surface area contributed by atoms with Crippen LogP contribution in [0, 0.1) is 6.92 Å². The highest BCUT2D eigenvalue weighted by Crippen LogP contribution is 2.15. The van der Waals surface area contributed by atoms with Crippen molar-refractivity contribution in [2.24, 2.45) is 0 Å². The number of ether oxygens (including phenoxy) is 1. The predicted octanol–water partition coefficient (Wildman–Crippen LogP) is 2.30. The Morgan fingerprint density at radius 1 is 1.28 bits per heavy atom. The van der Waals surface area contributed by atoms with Crippen LogP contribution in [0.5, 0.6) is 0 Å². The van der Waals surface area contributed by atoms with Crippen LogP contribution in [0.15, 0.2) is 18.2 Å². The number of rotatable bonds is 5. The van der Waals surface area contributed by atoms with E-state index in [1.54, 1.807) is 0 Å². The molecule has 3 heteroatoms. The summed E-state index contributed by atoms with van der Waals surface area (Å²) in [5.74, 6) is 0. The molecule has 18 heavy (non-hydrogen) atoms. The summed E-state index contributed by atoms with van der Waals surface area (Å²) in [6.07, 6.45) is 1.11. The Kier molecular flexibility index (Phi) is 5.02. The summed E-state index contributed by atoms with van der Waals surface area (Å²) >= 11 is 0. The van der Waals surface area contributed by atoms with E-state index in [1.807, 2.05) is 0 Å². The van der Waals surface area contributed by atoms with Gasteiger partial charge in [-0.15, -0.1) is 0 Å². The van der Waals surface area contributed by atoms with Crippen molar-refractivity contribution in [1.82, 2.24) is 4.90 Å². The molecule has 0 atom stereocenters. The normalized spacial score (nSPS) is 16.8. The molecule has 0 spiro atoms. The lowest BCUT2D eigenvalue weighted by Gasteiger charge is -2.26. The minimum atomic E-state index is 0.879. The number of nitrogens with zero attached hydrogens (tertiary/aromatic N) is 1. The second kappa shape index (κ2) is 6.76. The SMILES string of the molecule is CCc1ccc(NCCN2CCOCC2)cc1C. The zero-order valence-corrected chi connectivity index (χ0v) is 11.5. The predicted molar refractivity (Wildman–Crippen MR) is 76.3 cm³/mol. The molecule has 1 aliphatic heterocycles. The molecular weight excluding hydrogens is 224 g/mol. The van der Waals surface area contributed by atoms with Crippen LogP contribution in [-0.4, -0.2) is 44.3 Å². The van der Waals surface area contributed by atoms with Gasteiger partial charge in [-0.2, -0.15) is 0 Å². The van der Waals surface area contributed by atoms with E-state index in [2.05, 4.69) is 42.3 Å². The number of aryl methyl sites for hydroxylation is 2. The summed E-state index contributed by atoms with van der Waals surface area (Å²) in [4.78, 5) is 2.45. The Bertz CT molecular complexity index is 373. The molecule has 1 heterocycles. The molecule has 1 fully saturated rings. The lowest BCUT2D eigenvalue weighted by molar-refractivity contribution is 0.0398. The van der Waals surface area contributed by atoms with Crippen LogP contribution in [0.3, 0.4) is 0 Å². The van der Waals surface area contributed by atoms with Crippen molar-refractivity contribution in [3.05, 3.63) is 29.3 Å². The molecule has 3 nitrogen and oxygen atoms in total. The molecule has 1 N–H and O–H groups in total. The van der Waals surface area contributed by atoms with E-state index < -0.39 is 0 Å². The number of anilines is 1. The quantitative estimate of drug-likeness (QED) is 0.865. The molecule has 0 unspecified atom stereocenters. The summed E-state index contributed by atoms with van der Waals surface area (Å²) in [5, 5.41) is 3.50. The molecule has 0 saturated carbocycles. The maximum Gasteiger partial charge on any atom is 0.0594 e. The molecule has 2 rings (SSSR count). The van der Waals surface area contributed by atoms with Crippen molar-refractivity contribution in [2.45, 2.75) is 20.3 Å². The molecule has 0 bridgehead atoms. The maximum atomic E-state index is 5.34. The fraction of sp³-hybridized carbons (Fsp3) is 0.600. The number of nitrogens with one attached hydrogen (secondary N) is 1. The monoisotopic (exact) mass is 248 g/mol. The van der Waals surface area contributed by atoms with E-state index in [-0.39, 0.29) is 0 Å². The van der Waals surface area contributed by atoms with Gasteiger partial charge in [0, 0.05) is 31.9 Å². The van der Waals surface area contributed by atoms with E-state index in [0.717, 1.165) is 45.8 Å². The summed E-state index contributed by atoms with van der Waals surface area (Å²) in [6, 6.07) is 6.66. The van der Waals surface area contributed by atoms with E-state index >= 15 is 0 Å². The Hall–Kier alpha value is -1.06. The zero-order valence-electron chi connectivity index (χ0n) is 11.5. The second-order valence-electron chi connectivity index (χ2n) is 4.88. The number of benzene rings is 1. The Morgan fingerprint density at radius 3 is 2.72 bits per heavy atom. The Morgan fingerprint density at radius 2 is 2.06 bits per heavy atom. The summed E-state index contributed by atoms with van der Waals surface area (Å²) in [5.41, 5.74) is 4.06. The second-order valence-corrected chi connectivity index (χ2v) is 4.88. The molecule has 1 aromatic carbocycles. The van der Waals surface area contributed by atoms with Crippen molar-refractivity contribution >= 4 is 5.69 Å². The summed E-state index contributed by atoms with van der Waals surface area (Å²) in [6.45, 7) is 10.4. The maximum absolute atomic E-state index is 5.34. The molecule has 0 amide bonds. The van der Waals surface area contributed by atoms with Gasteiger partial charge in [-0.1, -0.05) is 13.0 Å². The van der Waals surface area contributed by atoms with E-state index in [9.17, 15) is 0 Å². The van der Waals surface area contributed by atoms with Gasteiger partial charge in [0.15, 0.2) is 0 Å². The van der Waals surface area contributed by atoms with Gasteiger partial charge in [-0.05, 0) is 36.6 Å². The number of hydrogen-bond donors (Lipinski definition) is 1. The van der Waals surface area contributed by atoms with Gasteiger partial charge < -0.3 is 10.1 Å². The smallest absolute Gasteiger partial charge is 0.0594 e. The highest BCUT2D eigenvalue weighted by molar-refractivity contribution is 5.48. The summed E-state index contributed by atoms with van der Waals surface area (Å²) < 4.78 is 5.34. The third-order valence-corrected chi connectivity index (χ3v) is 3.58. The Labute approximate surface area is 110 Å². The van der Waals surface area contributed by atoms with Gasteiger partial charge in [-0.3, -0.25) is 4.90 Å². The molecule has 0 radical (unpaired) electrons. The van der Waals surface area contributed by atoms with Crippen LogP contribution < -0.4 is 5.32 Å². The fourth-order valence-corrected chi connectivity index (χ4v) is 2.39. The number of morpholine rings is 1. The van der Waals surface area contributed by atoms with Gasteiger partial charge in [0.25, 0.3) is 0 Å². The molecule has 0 aromatic heterocycles. The van der Waals surface area contributed by atoms with Gasteiger partial charge >= 0.3 is 0 Å². The van der Waals surface area contributed by atoms with Crippen LogP contribution in [0.1, 0.15) is 18.1 Å². The molecule has 1 aromatic rings. The van der Waals surface area contributed by atoms with Gasteiger partial charge in [-0.25, -0.2) is 0 Å². The fourth-order valence-electron chi connectivity index (χ4n) is 2.39. The first kappa shape index (κ1) is 13.4. The van der Waals surface area contributed by atoms with Crippen LogP contribution in [0.4, 0.5) is 5.69 Å². The van der Waals surface area contributed by atoms with Crippen molar-refractivity contribution in [3.63, 3.8) is 0 Å². The van der Waals surface area contributed by atoms with E-state index in [0.29, 0.717) is 0 Å². The third kappa shape index (κ3) is 3.72. The topological polar surface area (TPSA) is 24.5 Å². The minimum Gasteiger partial charge on any atom is -0.384 e. The molecular formula is C15H24N2O. The van der Waals surface area contributed by atoms with Crippen LogP contribution in [0.25, 0.3) is 0 Å². The molecule has 0 aliphatic carbocycles. The van der Waals surface area contributed by atoms with Gasteiger partial charge in [0.2, 0.25) is 0 Å². The first-order valence-corrected chi connectivity index (χ1v) is 6.93. The van der Waals surface area contributed by atoms with Crippen LogP contribution in [0.2, 0.25) is 0 Å². The Balaban J connectivity index is 1.77. The van der Waals surface area contributed by atoms with E-state index in [4.69, 9.17) is 4.74 Å². The summed E-state index contributed by atoms with van der Waals surface area (Å²) in [7, 11) is 0. The van der Waals surface area contributed by atoms with Crippen LogP contribution in [-0.2, 0) is 11.2 Å². The average molecular weight is 248 g/mol. The lowest BCUT2D eigenvalue weighted by Crippen LogP contribution is -2.39. The highest BCUT2D eigenvalue weighted by Gasteiger charge is 2.09. The first-order valence-electron chi connectivity index (χ1n) is 6.93. The largest absolute Gasteiger partial charge is 0.384 e. The van der Waals surface area contributed by atoms with E-state index in [1.165, 1.54) is 16.8 Å². The van der Waals surface area contributed by atoms with Gasteiger partial charge in [0.1, 0.15) is 0 Å². The van der Waals surface area contributed by atoms with Gasteiger partial charge in [0.05, 0.1) is 13.2 Å². The van der Waals surface area contributed by atoms with Crippen LogP contribution >= 0.6 is 0 Å². The third-order valence-electron chi connectivity index (χ3n) is 3.58. The number of hydrogen-bond acceptors (Lipinski definition) is 3.